The van der Waals surface area contributed by atoms with Gasteiger partial charge in [0.25, 0.3) is 10.2 Å². The molecule has 120 valence electrons. The third-order valence-electron chi connectivity index (χ3n) is 3.52. The summed E-state index contributed by atoms with van der Waals surface area (Å²) in [6.45, 7) is 5.22. The summed E-state index contributed by atoms with van der Waals surface area (Å²) in [6.07, 6.45) is 3.65. The van der Waals surface area contributed by atoms with Crippen LogP contribution in [0.4, 0.5) is 0 Å². The van der Waals surface area contributed by atoms with E-state index in [4.69, 9.17) is 4.74 Å². The Morgan fingerprint density at radius 2 is 2.20 bits per heavy atom. The molecule has 7 heteroatoms. The van der Waals surface area contributed by atoms with E-state index in [1.54, 1.807) is 11.4 Å². The van der Waals surface area contributed by atoms with Gasteiger partial charge in [0.15, 0.2) is 0 Å². The van der Waals surface area contributed by atoms with Gasteiger partial charge in [-0.25, -0.2) is 0 Å². The zero-order valence-electron chi connectivity index (χ0n) is 13.0. The molecule has 0 saturated carbocycles. The molecule has 1 unspecified atom stereocenters. The van der Waals surface area contributed by atoms with Crippen LogP contribution < -0.4 is 5.32 Å². The van der Waals surface area contributed by atoms with Gasteiger partial charge >= 0.3 is 0 Å². The van der Waals surface area contributed by atoms with Crippen LogP contribution in [0.15, 0.2) is 0 Å². The van der Waals surface area contributed by atoms with Crippen molar-refractivity contribution in [1.82, 2.24) is 13.9 Å². The average molecular weight is 307 g/mol. The Labute approximate surface area is 123 Å². The molecule has 0 amide bonds. The van der Waals surface area contributed by atoms with E-state index in [2.05, 4.69) is 12.2 Å². The third-order valence-corrected chi connectivity index (χ3v) is 5.47. The predicted octanol–water partition coefficient (Wildman–Crippen LogP) is 0.664. The molecule has 0 aromatic carbocycles. The molecular weight excluding hydrogens is 278 g/mol. The summed E-state index contributed by atoms with van der Waals surface area (Å²) in [5, 5.41) is 3.03. The fraction of sp³-hybridized carbons (Fsp3) is 1.00. The first-order valence-electron chi connectivity index (χ1n) is 7.50. The van der Waals surface area contributed by atoms with Crippen LogP contribution in [-0.4, -0.2) is 70.0 Å². The minimum absolute atomic E-state index is 0.0455. The summed E-state index contributed by atoms with van der Waals surface area (Å²) < 4.78 is 33.7. The van der Waals surface area contributed by atoms with Gasteiger partial charge in [-0.15, -0.1) is 0 Å². The first-order valence-corrected chi connectivity index (χ1v) is 8.89. The lowest BCUT2D eigenvalue weighted by molar-refractivity contribution is 0.0182. The van der Waals surface area contributed by atoms with Crippen LogP contribution in [0.2, 0.25) is 0 Å². The molecule has 0 spiro atoms. The van der Waals surface area contributed by atoms with Crippen molar-refractivity contribution < 1.29 is 13.2 Å². The Balaban J connectivity index is 2.52. The highest BCUT2D eigenvalue weighted by molar-refractivity contribution is 7.86. The number of nitrogens with one attached hydrogen (secondary N) is 1. The fourth-order valence-corrected chi connectivity index (χ4v) is 3.79. The zero-order valence-corrected chi connectivity index (χ0v) is 13.8. The van der Waals surface area contributed by atoms with Gasteiger partial charge in [-0.2, -0.15) is 17.0 Å². The molecular formula is C13H29N3O3S. The van der Waals surface area contributed by atoms with Crippen LogP contribution in [0.1, 0.15) is 32.6 Å². The highest BCUT2D eigenvalue weighted by Crippen LogP contribution is 2.18. The van der Waals surface area contributed by atoms with E-state index in [1.807, 2.05) is 7.05 Å². The van der Waals surface area contributed by atoms with Gasteiger partial charge in [0.2, 0.25) is 0 Å². The smallest absolute Gasteiger partial charge is 0.281 e. The van der Waals surface area contributed by atoms with E-state index in [9.17, 15) is 8.42 Å². The number of hydrogen-bond acceptors (Lipinski definition) is 4. The van der Waals surface area contributed by atoms with Gasteiger partial charge in [-0.05, 0) is 39.3 Å². The fourth-order valence-electron chi connectivity index (χ4n) is 2.33. The number of nitrogens with zero attached hydrogens (tertiary/aromatic N) is 2. The summed E-state index contributed by atoms with van der Waals surface area (Å²) in [4.78, 5) is 0. The van der Waals surface area contributed by atoms with Crippen molar-refractivity contribution in [3.05, 3.63) is 0 Å². The SMILES string of the molecule is CCCOC1CCCN(S(=O)(=O)N(C)CCCNC)C1. The molecule has 20 heavy (non-hydrogen) atoms. The Morgan fingerprint density at radius 3 is 2.85 bits per heavy atom. The van der Waals surface area contributed by atoms with E-state index in [0.29, 0.717) is 26.2 Å². The summed E-state index contributed by atoms with van der Waals surface area (Å²) in [7, 11) is 0.183. The van der Waals surface area contributed by atoms with Crippen LogP contribution in [-0.2, 0) is 14.9 Å². The first-order chi connectivity index (χ1) is 9.52. The maximum absolute atomic E-state index is 12.5. The molecule has 1 rings (SSSR count). The molecule has 0 aromatic rings. The molecule has 1 saturated heterocycles. The molecule has 1 aliphatic heterocycles. The predicted molar refractivity (Wildman–Crippen MR) is 80.9 cm³/mol. The minimum atomic E-state index is -3.34. The highest BCUT2D eigenvalue weighted by atomic mass is 32.2. The second-order valence-electron chi connectivity index (χ2n) is 5.28. The van der Waals surface area contributed by atoms with Crippen molar-refractivity contribution in [2.45, 2.75) is 38.7 Å². The van der Waals surface area contributed by atoms with Crippen molar-refractivity contribution in [3.8, 4) is 0 Å². The third kappa shape index (κ3) is 5.29. The largest absolute Gasteiger partial charge is 0.377 e. The Hall–Kier alpha value is -0.210. The quantitative estimate of drug-likeness (QED) is 0.636. The summed E-state index contributed by atoms with van der Waals surface area (Å²) >= 11 is 0. The first kappa shape index (κ1) is 17.8. The zero-order chi connectivity index (χ0) is 15.0. The number of piperidine rings is 1. The second kappa shape index (κ2) is 8.94. The lowest BCUT2D eigenvalue weighted by Gasteiger charge is -2.34. The molecule has 1 atom stereocenters. The van der Waals surface area contributed by atoms with Crippen LogP contribution in [0.3, 0.4) is 0 Å². The average Bonchev–Trinajstić information content (AvgIpc) is 2.45. The Morgan fingerprint density at radius 1 is 1.45 bits per heavy atom. The highest BCUT2D eigenvalue weighted by Gasteiger charge is 2.31. The van der Waals surface area contributed by atoms with Crippen LogP contribution in [0, 0.1) is 0 Å². The van der Waals surface area contributed by atoms with Crippen LogP contribution in [0.25, 0.3) is 0 Å². The van der Waals surface area contributed by atoms with E-state index in [1.165, 1.54) is 4.31 Å². The normalized spacial score (nSPS) is 21.5. The van der Waals surface area contributed by atoms with Crippen molar-refractivity contribution in [2.75, 3.05) is 46.9 Å². The number of hydrogen-bond donors (Lipinski definition) is 1. The molecule has 6 nitrogen and oxygen atoms in total. The van der Waals surface area contributed by atoms with E-state index < -0.39 is 10.2 Å². The summed E-state index contributed by atoms with van der Waals surface area (Å²) in [5.74, 6) is 0. The lowest BCUT2D eigenvalue weighted by atomic mass is 10.1. The topological polar surface area (TPSA) is 61.9 Å². The molecule has 1 heterocycles. The molecule has 0 radical (unpaired) electrons. The monoisotopic (exact) mass is 307 g/mol. The Bertz CT molecular complexity index is 362. The second-order valence-corrected chi connectivity index (χ2v) is 7.31. The van der Waals surface area contributed by atoms with Gasteiger partial charge in [-0.1, -0.05) is 6.92 Å². The summed E-state index contributed by atoms with van der Waals surface area (Å²) in [6, 6.07) is 0. The van der Waals surface area contributed by atoms with Crippen molar-refractivity contribution in [1.29, 1.82) is 0 Å². The lowest BCUT2D eigenvalue weighted by Crippen LogP contribution is -2.49. The molecule has 0 aromatic heterocycles. The van der Waals surface area contributed by atoms with Crippen molar-refractivity contribution in [3.63, 3.8) is 0 Å². The van der Waals surface area contributed by atoms with Gasteiger partial charge in [0, 0.05) is 33.3 Å². The van der Waals surface area contributed by atoms with Gasteiger partial charge in [0.05, 0.1) is 6.10 Å². The maximum Gasteiger partial charge on any atom is 0.281 e. The maximum atomic E-state index is 12.5. The van der Waals surface area contributed by atoms with Crippen molar-refractivity contribution in [2.24, 2.45) is 0 Å². The molecule has 0 bridgehead atoms. The standard InChI is InChI=1S/C13H29N3O3S/c1-4-11-19-13-7-5-10-16(12-13)20(17,18)15(3)9-6-8-14-2/h13-14H,4-12H2,1-3H3. The van der Waals surface area contributed by atoms with E-state index >= 15 is 0 Å². The van der Waals surface area contributed by atoms with Crippen LogP contribution >= 0.6 is 0 Å². The molecule has 0 aliphatic carbocycles. The molecule has 1 aliphatic rings. The van der Waals surface area contributed by atoms with Gasteiger partial charge in [-0.3, -0.25) is 0 Å². The number of ether oxygens (including phenoxy) is 1. The molecule has 1 fully saturated rings. The minimum Gasteiger partial charge on any atom is -0.377 e. The van der Waals surface area contributed by atoms with E-state index in [0.717, 1.165) is 32.2 Å². The van der Waals surface area contributed by atoms with Gasteiger partial charge in [0.1, 0.15) is 0 Å². The van der Waals surface area contributed by atoms with Crippen molar-refractivity contribution >= 4 is 10.2 Å². The summed E-state index contributed by atoms with van der Waals surface area (Å²) in [5.41, 5.74) is 0. The number of rotatable bonds is 9. The Kier molecular flexibility index (Phi) is 7.98. The van der Waals surface area contributed by atoms with E-state index in [-0.39, 0.29) is 6.10 Å². The van der Waals surface area contributed by atoms with Crippen LogP contribution in [0.5, 0.6) is 0 Å². The molecule has 1 N–H and O–H groups in total. The van der Waals surface area contributed by atoms with Gasteiger partial charge < -0.3 is 10.1 Å².